The summed E-state index contributed by atoms with van der Waals surface area (Å²) in [7, 11) is 0. The lowest BCUT2D eigenvalue weighted by Crippen LogP contribution is -2.30. The number of anilines is 1. The number of aromatic nitrogens is 1. The molecule has 0 saturated heterocycles. The van der Waals surface area contributed by atoms with Crippen LogP contribution in [0.2, 0.25) is 0 Å². The van der Waals surface area contributed by atoms with Crippen molar-refractivity contribution in [2.45, 2.75) is 18.3 Å². The van der Waals surface area contributed by atoms with Gasteiger partial charge >= 0.3 is 18.4 Å². The van der Waals surface area contributed by atoms with Gasteiger partial charge in [-0.25, -0.2) is 19.2 Å². The summed E-state index contributed by atoms with van der Waals surface area (Å²) in [6.07, 6.45) is -8.13. The van der Waals surface area contributed by atoms with Gasteiger partial charge in [-0.15, -0.1) is 11.3 Å². The third kappa shape index (κ3) is 5.03. The van der Waals surface area contributed by atoms with Crippen LogP contribution in [0.1, 0.15) is 26.9 Å². The number of thiazole rings is 1. The molecule has 2 aromatic carbocycles. The van der Waals surface area contributed by atoms with Gasteiger partial charge in [0, 0.05) is 16.8 Å². The highest BCUT2D eigenvalue weighted by Gasteiger charge is 2.38. The molecule has 1 N–H and O–H groups in total. The van der Waals surface area contributed by atoms with E-state index in [1.54, 1.807) is 0 Å². The van der Waals surface area contributed by atoms with Gasteiger partial charge in [0.1, 0.15) is 5.82 Å². The SMILES string of the molecule is O=C(Nc1ccc(C(F)(F)F)cc1)N1CC(c2cnc(C(F)(F)F)s2)C(c2ccc(F)cc2)=N1. The number of hydrazone groups is 1. The molecule has 0 saturated carbocycles. The first-order valence-electron chi connectivity index (χ1n) is 9.55. The second-order valence-corrected chi connectivity index (χ2v) is 8.26. The molecule has 1 atom stereocenters. The number of rotatable bonds is 3. The number of amides is 2. The predicted molar refractivity (Wildman–Crippen MR) is 110 cm³/mol. The third-order valence-corrected chi connectivity index (χ3v) is 6.02. The molecule has 0 spiro atoms. The average Bonchev–Trinajstić information content (AvgIpc) is 3.41. The summed E-state index contributed by atoms with van der Waals surface area (Å²) >= 11 is 0.404. The van der Waals surface area contributed by atoms with Crippen molar-refractivity contribution in [2.75, 3.05) is 11.9 Å². The lowest BCUT2D eigenvalue weighted by Gasteiger charge is -2.15. The largest absolute Gasteiger partial charge is 0.443 e. The number of carbonyl (C=O) groups is 1. The van der Waals surface area contributed by atoms with Crippen molar-refractivity contribution in [2.24, 2.45) is 5.10 Å². The smallest absolute Gasteiger partial charge is 0.306 e. The zero-order valence-corrected chi connectivity index (χ0v) is 17.6. The molecule has 2 heterocycles. The van der Waals surface area contributed by atoms with Crippen molar-refractivity contribution < 1.29 is 35.5 Å². The quantitative estimate of drug-likeness (QED) is 0.424. The fourth-order valence-electron chi connectivity index (χ4n) is 3.24. The summed E-state index contributed by atoms with van der Waals surface area (Å²) in [6.45, 7) is -0.154. The predicted octanol–water partition coefficient (Wildman–Crippen LogP) is 6.36. The van der Waals surface area contributed by atoms with Crippen molar-refractivity contribution in [3.63, 3.8) is 0 Å². The number of alkyl halides is 6. The topological polar surface area (TPSA) is 57.6 Å². The molecule has 1 unspecified atom stereocenters. The molecule has 2 amide bonds. The zero-order chi connectivity index (χ0) is 24.7. The third-order valence-electron chi connectivity index (χ3n) is 4.86. The number of carbonyl (C=O) groups excluding carboxylic acids is 1. The fourth-order valence-corrected chi connectivity index (χ4v) is 4.12. The summed E-state index contributed by atoms with van der Waals surface area (Å²) in [4.78, 5) is 16.3. The van der Waals surface area contributed by atoms with Crippen LogP contribution in [0.25, 0.3) is 0 Å². The molecule has 5 nitrogen and oxygen atoms in total. The van der Waals surface area contributed by atoms with Crippen LogP contribution in [0, 0.1) is 5.82 Å². The summed E-state index contributed by atoms with van der Waals surface area (Å²) < 4.78 is 90.6. The minimum Gasteiger partial charge on any atom is -0.306 e. The maximum atomic E-state index is 13.4. The number of hydrogen-bond donors (Lipinski definition) is 1. The molecule has 0 radical (unpaired) electrons. The Balaban J connectivity index is 1.60. The van der Waals surface area contributed by atoms with E-state index in [4.69, 9.17) is 0 Å². The van der Waals surface area contributed by atoms with Crippen molar-refractivity contribution in [1.29, 1.82) is 0 Å². The molecule has 1 aliphatic rings. The maximum absolute atomic E-state index is 13.4. The van der Waals surface area contributed by atoms with Crippen LogP contribution in [0.5, 0.6) is 0 Å². The van der Waals surface area contributed by atoms with Crippen LogP contribution in [-0.4, -0.2) is 28.3 Å². The van der Waals surface area contributed by atoms with E-state index in [1.807, 2.05) is 0 Å². The van der Waals surface area contributed by atoms with E-state index in [0.717, 1.165) is 47.6 Å². The number of urea groups is 1. The highest BCUT2D eigenvalue weighted by molar-refractivity contribution is 7.12. The van der Waals surface area contributed by atoms with Crippen LogP contribution < -0.4 is 5.32 Å². The molecular weight excluding hydrogens is 489 g/mol. The Kier molecular flexibility index (Phi) is 6.06. The highest BCUT2D eigenvalue weighted by atomic mass is 32.1. The van der Waals surface area contributed by atoms with E-state index in [1.165, 1.54) is 12.1 Å². The van der Waals surface area contributed by atoms with Crippen LogP contribution >= 0.6 is 11.3 Å². The molecule has 178 valence electrons. The summed E-state index contributed by atoms with van der Waals surface area (Å²) in [5, 5.41) is 6.50. The van der Waals surface area contributed by atoms with Crippen molar-refractivity contribution in [1.82, 2.24) is 9.99 Å². The fraction of sp³-hybridized carbons (Fsp3) is 0.190. The molecule has 0 fully saturated rings. The standard InChI is InChI=1S/C21H13F7N4OS/c22-13-5-1-11(2-6-13)17-15(16-9-29-18(34-16)21(26,27)28)10-32(31-17)19(33)30-14-7-3-12(4-8-14)20(23,24)25/h1-9,15H,10H2,(H,30,33). The van der Waals surface area contributed by atoms with E-state index >= 15 is 0 Å². The Morgan fingerprint density at radius 1 is 0.971 bits per heavy atom. The van der Waals surface area contributed by atoms with E-state index in [0.29, 0.717) is 16.9 Å². The maximum Gasteiger partial charge on any atom is 0.443 e. The monoisotopic (exact) mass is 502 g/mol. The minimum absolute atomic E-state index is 0.0668. The molecule has 1 aliphatic heterocycles. The number of nitrogens with one attached hydrogen (secondary N) is 1. The normalized spacial score (nSPS) is 16.5. The van der Waals surface area contributed by atoms with Crippen molar-refractivity contribution in [3.05, 3.63) is 81.6 Å². The second kappa shape index (κ2) is 8.70. The van der Waals surface area contributed by atoms with Crippen LogP contribution in [0.4, 0.5) is 41.2 Å². The Morgan fingerprint density at radius 3 is 2.18 bits per heavy atom. The zero-order valence-electron chi connectivity index (χ0n) is 16.8. The van der Waals surface area contributed by atoms with Gasteiger partial charge in [0.2, 0.25) is 0 Å². The molecule has 34 heavy (non-hydrogen) atoms. The van der Waals surface area contributed by atoms with Crippen LogP contribution in [0.15, 0.2) is 59.8 Å². The molecule has 13 heteroatoms. The van der Waals surface area contributed by atoms with Crippen molar-refractivity contribution >= 4 is 28.8 Å². The van der Waals surface area contributed by atoms with Gasteiger partial charge in [-0.3, -0.25) is 0 Å². The Labute approximate surface area is 191 Å². The molecule has 3 aromatic rings. The van der Waals surface area contributed by atoms with Gasteiger partial charge in [0.05, 0.1) is 23.7 Å². The van der Waals surface area contributed by atoms with Crippen LogP contribution in [-0.2, 0) is 12.4 Å². The molecule has 0 bridgehead atoms. The molecule has 4 rings (SSSR count). The van der Waals surface area contributed by atoms with Gasteiger partial charge in [0.25, 0.3) is 0 Å². The van der Waals surface area contributed by atoms with Gasteiger partial charge in [-0.05, 0) is 42.0 Å². The lowest BCUT2D eigenvalue weighted by molar-refractivity contribution is -0.138. The van der Waals surface area contributed by atoms with E-state index in [2.05, 4.69) is 15.4 Å². The number of halogens is 7. The summed E-state index contributed by atoms with van der Waals surface area (Å²) in [6, 6.07) is 7.98. The number of hydrogen-bond acceptors (Lipinski definition) is 4. The summed E-state index contributed by atoms with van der Waals surface area (Å²) in [5.41, 5.74) is -0.218. The van der Waals surface area contributed by atoms with Crippen molar-refractivity contribution in [3.8, 4) is 0 Å². The molecule has 1 aromatic heterocycles. The van der Waals surface area contributed by atoms with E-state index < -0.39 is 40.7 Å². The molecular formula is C21H13F7N4OS. The first kappa shape index (κ1) is 23.7. The Hall–Kier alpha value is -3.48. The first-order chi connectivity index (χ1) is 15.9. The Morgan fingerprint density at radius 2 is 1.62 bits per heavy atom. The lowest BCUT2D eigenvalue weighted by atomic mass is 9.96. The van der Waals surface area contributed by atoms with E-state index in [9.17, 15) is 35.5 Å². The Bertz CT molecular complexity index is 1220. The summed E-state index contributed by atoms with van der Waals surface area (Å²) in [5.74, 6) is -1.31. The van der Waals surface area contributed by atoms with E-state index in [-0.39, 0.29) is 22.8 Å². The highest BCUT2D eigenvalue weighted by Crippen LogP contribution is 2.38. The van der Waals surface area contributed by atoms with Crippen LogP contribution in [0.3, 0.4) is 0 Å². The van der Waals surface area contributed by atoms with Gasteiger partial charge in [0.15, 0.2) is 5.01 Å². The first-order valence-corrected chi connectivity index (χ1v) is 10.4. The number of nitrogens with zero attached hydrogens (tertiary/aromatic N) is 3. The average molecular weight is 502 g/mol. The second-order valence-electron chi connectivity index (χ2n) is 7.20. The molecule has 0 aliphatic carbocycles. The minimum atomic E-state index is -4.64. The van der Waals surface area contributed by atoms with Gasteiger partial charge in [-0.1, -0.05) is 12.1 Å². The number of benzene rings is 2. The van der Waals surface area contributed by atoms with Gasteiger partial charge < -0.3 is 5.32 Å². The van der Waals surface area contributed by atoms with Gasteiger partial charge in [-0.2, -0.15) is 31.4 Å².